The second-order valence-corrected chi connectivity index (χ2v) is 5.52. The lowest BCUT2D eigenvalue weighted by atomic mass is 9.78. The molecule has 2 N–H and O–H groups in total. The molecule has 3 heteroatoms. The van der Waals surface area contributed by atoms with E-state index >= 15 is 0 Å². The summed E-state index contributed by atoms with van der Waals surface area (Å²) in [7, 11) is 0. The van der Waals surface area contributed by atoms with E-state index in [4.69, 9.17) is 15.2 Å². The maximum Gasteiger partial charge on any atom is 0.0810 e. The van der Waals surface area contributed by atoms with Crippen LogP contribution < -0.4 is 5.73 Å². The summed E-state index contributed by atoms with van der Waals surface area (Å²) in [5.41, 5.74) is 5.93. The molecule has 1 heterocycles. The fraction of sp³-hybridized carbons (Fsp3) is 1.00. The second kappa shape index (κ2) is 5.48. The predicted molar refractivity (Wildman–Crippen MR) is 64.3 cm³/mol. The molecule has 94 valence electrons. The Kier molecular flexibility index (Phi) is 4.22. The van der Waals surface area contributed by atoms with Crippen LogP contribution in [0.3, 0.4) is 0 Å². The van der Waals surface area contributed by atoms with Crippen LogP contribution in [0.25, 0.3) is 0 Å². The minimum Gasteiger partial charge on any atom is -0.381 e. The van der Waals surface area contributed by atoms with Gasteiger partial charge in [0.1, 0.15) is 0 Å². The molecule has 0 amide bonds. The highest BCUT2D eigenvalue weighted by Crippen LogP contribution is 2.36. The van der Waals surface area contributed by atoms with Gasteiger partial charge in [0.25, 0.3) is 0 Å². The molecule has 0 bridgehead atoms. The van der Waals surface area contributed by atoms with Crippen LogP contribution in [-0.2, 0) is 9.47 Å². The van der Waals surface area contributed by atoms with Crippen molar-refractivity contribution in [3.05, 3.63) is 0 Å². The lowest BCUT2D eigenvalue weighted by Gasteiger charge is -2.42. The summed E-state index contributed by atoms with van der Waals surface area (Å²) < 4.78 is 11.7. The molecule has 0 radical (unpaired) electrons. The molecule has 2 unspecified atom stereocenters. The van der Waals surface area contributed by atoms with Gasteiger partial charge in [0.15, 0.2) is 0 Å². The highest BCUT2D eigenvalue weighted by molar-refractivity contribution is 4.89. The van der Waals surface area contributed by atoms with Gasteiger partial charge in [0, 0.05) is 19.8 Å². The average Bonchev–Trinajstić information content (AvgIpc) is 2.30. The van der Waals surface area contributed by atoms with Gasteiger partial charge in [-0.3, -0.25) is 0 Å². The Morgan fingerprint density at radius 1 is 1.31 bits per heavy atom. The summed E-state index contributed by atoms with van der Waals surface area (Å²) in [4.78, 5) is 0. The highest BCUT2D eigenvalue weighted by Gasteiger charge is 2.37. The van der Waals surface area contributed by atoms with Crippen molar-refractivity contribution in [1.29, 1.82) is 0 Å². The van der Waals surface area contributed by atoms with E-state index in [9.17, 15) is 0 Å². The Morgan fingerprint density at radius 2 is 2.06 bits per heavy atom. The molecule has 16 heavy (non-hydrogen) atoms. The monoisotopic (exact) mass is 227 g/mol. The summed E-state index contributed by atoms with van der Waals surface area (Å²) in [6.07, 6.45) is 7.33. The van der Waals surface area contributed by atoms with E-state index in [2.05, 4.69) is 6.92 Å². The van der Waals surface area contributed by atoms with Gasteiger partial charge in [-0.1, -0.05) is 19.8 Å². The molecule has 1 saturated carbocycles. The first kappa shape index (κ1) is 12.3. The van der Waals surface area contributed by atoms with Crippen molar-refractivity contribution in [1.82, 2.24) is 0 Å². The van der Waals surface area contributed by atoms with E-state index < -0.39 is 0 Å². The minimum atomic E-state index is -0.0281. The van der Waals surface area contributed by atoms with Crippen molar-refractivity contribution < 1.29 is 9.47 Å². The zero-order valence-corrected chi connectivity index (χ0v) is 10.4. The fourth-order valence-corrected chi connectivity index (χ4v) is 3.10. The first-order chi connectivity index (χ1) is 7.74. The molecule has 1 aliphatic carbocycles. The lowest BCUT2D eigenvalue weighted by molar-refractivity contribution is -0.142. The average molecular weight is 227 g/mol. The van der Waals surface area contributed by atoms with Crippen molar-refractivity contribution in [2.45, 2.75) is 57.2 Å². The third-order valence-corrected chi connectivity index (χ3v) is 4.01. The molecule has 0 aromatic carbocycles. The molecule has 2 atom stereocenters. The molecule has 2 fully saturated rings. The summed E-state index contributed by atoms with van der Waals surface area (Å²) in [6, 6.07) is 0. The molecular formula is C13H25NO2. The van der Waals surface area contributed by atoms with Gasteiger partial charge in [0.2, 0.25) is 0 Å². The van der Waals surface area contributed by atoms with Crippen molar-refractivity contribution >= 4 is 0 Å². The van der Waals surface area contributed by atoms with Gasteiger partial charge in [-0.25, -0.2) is 0 Å². The van der Waals surface area contributed by atoms with E-state index in [1.165, 1.54) is 12.8 Å². The van der Waals surface area contributed by atoms with Crippen molar-refractivity contribution in [3.63, 3.8) is 0 Å². The Bertz CT molecular complexity index is 216. The van der Waals surface area contributed by atoms with Crippen LogP contribution in [-0.4, -0.2) is 31.5 Å². The van der Waals surface area contributed by atoms with Gasteiger partial charge in [0.05, 0.1) is 11.7 Å². The number of hydrogen-bond donors (Lipinski definition) is 1. The van der Waals surface area contributed by atoms with E-state index in [0.717, 1.165) is 44.8 Å². The predicted octanol–water partition coefficient (Wildman–Crippen LogP) is 2.09. The van der Waals surface area contributed by atoms with Gasteiger partial charge in [-0.05, 0) is 31.6 Å². The number of nitrogens with two attached hydrogens (primary N) is 1. The number of ether oxygens (including phenoxy) is 2. The smallest absolute Gasteiger partial charge is 0.0810 e. The SMILES string of the molecule is CC1CCCC(CN)(OC2CCOCC2)C1. The summed E-state index contributed by atoms with van der Waals surface area (Å²) in [5, 5.41) is 0. The Hall–Kier alpha value is -0.120. The van der Waals surface area contributed by atoms with Crippen LogP contribution in [0.5, 0.6) is 0 Å². The first-order valence-corrected chi connectivity index (χ1v) is 6.70. The fourth-order valence-electron chi connectivity index (χ4n) is 3.10. The second-order valence-electron chi connectivity index (χ2n) is 5.52. The van der Waals surface area contributed by atoms with Crippen LogP contribution in [0.2, 0.25) is 0 Å². The summed E-state index contributed by atoms with van der Waals surface area (Å²) >= 11 is 0. The first-order valence-electron chi connectivity index (χ1n) is 6.70. The number of hydrogen-bond acceptors (Lipinski definition) is 3. The quantitative estimate of drug-likeness (QED) is 0.803. The number of rotatable bonds is 3. The zero-order valence-electron chi connectivity index (χ0n) is 10.4. The molecule has 0 aromatic rings. The molecular weight excluding hydrogens is 202 g/mol. The molecule has 1 saturated heterocycles. The Labute approximate surface area is 98.7 Å². The van der Waals surface area contributed by atoms with Crippen molar-refractivity contribution in [3.8, 4) is 0 Å². The zero-order chi connectivity index (χ0) is 11.4. The van der Waals surface area contributed by atoms with Gasteiger partial charge >= 0.3 is 0 Å². The van der Waals surface area contributed by atoms with E-state index in [1.54, 1.807) is 0 Å². The van der Waals surface area contributed by atoms with Gasteiger partial charge in [-0.15, -0.1) is 0 Å². The third-order valence-electron chi connectivity index (χ3n) is 4.01. The highest BCUT2D eigenvalue weighted by atomic mass is 16.5. The molecule has 1 aliphatic heterocycles. The molecule has 3 nitrogen and oxygen atoms in total. The Balaban J connectivity index is 1.91. The summed E-state index contributed by atoms with van der Waals surface area (Å²) in [5.74, 6) is 0.761. The summed E-state index contributed by atoms with van der Waals surface area (Å²) in [6.45, 7) is 4.69. The van der Waals surface area contributed by atoms with E-state index in [1.807, 2.05) is 0 Å². The van der Waals surface area contributed by atoms with Crippen molar-refractivity contribution in [2.24, 2.45) is 11.7 Å². The van der Waals surface area contributed by atoms with E-state index in [-0.39, 0.29) is 5.60 Å². The van der Waals surface area contributed by atoms with Crippen LogP contribution in [0, 0.1) is 5.92 Å². The van der Waals surface area contributed by atoms with Gasteiger partial charge < -0.3 is 15.2 Å². The standard InChI is InChI=1S/C13H25NO2/c1-11-3-2-6-13(9-11,10-14)16-12-4-7-15-8-5-12/h11-12H,2-10,14H2,1H3. The molecule has 0 aromatic heterocycles. The maximum atomic E-state index is 6.33. The minimum absolute atomic E-state index is 0.0281. The van der Waals surface area contributed by atoms with Crippen LogP contribution in [0.15, 0.2) is 0 Å². The molecule has 2 rings (SSSR count). The van der Waals surface area contributed by atoms with Crippen LogP contribution >= 0.6 is 0 Å². The van der Waals surface area contributed by atoms with Crippen LogP contribution in [0.1, 0.15) is 45.4 Å². The molecule has 0 spiro atoms. The van der Waals surface area contributed by atoms with Gasteiger partial charge in [-0.2, -0.15) is 0 Å². The van der Waals surface area contributed by atoms with Crippen molar-refractivity contribution in [2.75, 3.05) is 19.8 Å². The normalized spacial score (nSPS) is 37.5. The topological polar surface area (TPSA) is 44.5 Å². The lowest BCUT2D eigenvalue weighted by Crippen LogP contribution is -2.47. The maximum absolute atomic E-state index is 6.33. The largest absolute Gasteiger partial charge is 0.381 e. The molecule has 2 aliphatic rings. The Morgan fingerprint density at radius 3 is 2.69 bits per heavy atom. The van der Waals surface area contributed by atoms with Crippen LogP contribution in [0.4, 0.5) is 0 Å². The van der Waals surface area contributed by atoms with E-state index in [0.29, 0.717) is 12.6 Å². The third kappa shape index (κ3) is 2.96.